The molecule has 2 aromatic rings. The number of nitriles is 1. The summed E-state index contributed by atoms with van der Waals surface area (Å²) in [5, 5.41) is 15.4. The zero-order chi connectivity index (χ0) is 28.2. The molecule has 0 saturated carbocycles. The number of carbonyl (C=O) groups excluding carboxylic acids is 2. The normalized spacial score (nSPS) is 16.9. The fourth-order valence-corrected chi connectivity index (χ4v) is 4.50. The van der Waals surface area contributed by atoms with Crippen molar-refractivity contribution in [3.05, 3.63) is 35.0 Å². The number of carbonyl (C=O) groups is 2. The molecule has 0 aliphatic carbocycles. The minimum absolute atomic E-state index is 0.0157. The summed E-state index contributed by atoms with van der Waals surface area (Å²) in [7, 11) is 3.21. The van der Waals surface area contributed by atoms with E-state index in [4.69, 9.17) is 7.48 Å². The highest BCUT2D eigenvalue weighted by atomic mass is 32.2. The van der Waals surface area contributed by atoms with Gasteiger partial charge in [-0.05, 0) is 37.8 Å². The van der Waals surface area contributed by atoms with E-state index in [1.54, 1.807) is 23.9 Å². The number of hydrogen-bond donors (Lipinski definition) is 2. The number of fused-ring (bicyclic) bond motifs is 1. The second-order valence-corrected chi connectivity index (χ2v) is 9.74. The van der Waals surface area contributed by atoms with E-state index in [1.807, 2.05) is 18.2 Å². The van der Waals surface area contributed by atoms with Crippen molar-refractivity contribution >= 4 is 41.0 Å². The molecule has 12 heteroatoms. The van der Waals surface area contributed by atoms with Crippen molar-refractivity contribution in [1.82, 2.24) is 19.8 Å². The molecule has 4 heterocycles. The van der Waals surface area contributed by atoms with Gasteiger partial charge in [0.1, 0.15) is 17.7 Å². The summed E-state index contributed by atoms with van der Waals surface area (Å²) in [5.74, 6) is 1.21. The van der Waals surface area contributed by atoms with E-state index in [0.717, 1.165) is 5.75 Å². The fourth-order valence-electron chi connectivity index (χ4n) is 4.19. The van der Waals surface area contributed by atoms with Gasteiger partial charge in [-0.1, -0.05) is 0 Å². The van der Waals surface area contributed by atoms with Crippen molar-refractivity contribution in [2.75, 3.05) is 74.4 Å². The second kappa shape index (κ2) is 12.1. The van der Waals surface area contributed by atoms with Crippen molar-refractivity contribution in [3.63, 3.8) is 0 Å². The first-order valence-corrected chi connectivity index (χ1v) is 13.4. The van der Waals surface area contributed by atoms with Gasteiger partial charge in [-0.2, -0.15) is 22.0 Å². The van der Waals surface area contributed by atoms with E-state index in [-0.39, 0.29) is 36.3 Å². The Labute approximate surface area is 224 Å². The van der Waals surface area contributed by atoms with Crippen molar-refractivity contribution < 1.29 is 17.1 Å². The average Bonchev–Trinajstić information content (AvgIpc) is 2.92. The second-order valence-electron chi connectivity index (χ2n) is 8.75. The Kier molecular flexibility index (Phi) is 7.80. The Morgan fingerprint density at radius 2 is 2.19 bits per heavy atom. The number of methoxy groups -OCH3 is 1. The van der Waals surface area contributed by atoms with Crippen LogP contribution in [0.4, 0.5) is 22.1 Å². The number of pyridine rings is 2. The smallest absolute Gasteiger partial charge is 0.328 e. The van der Waals surface area contributed by atoms with Crippen molar-refractivity contribution in [1.29, 1.82) is 5.26 Å². The summed E-state index contributed by atoms with van der Waals surface area (Å²) in [6.07, 6.45) is 4.64. The van der Waals surface area contributed by atoms with Crippen LogP contribution in [0, 0.1) is 11.3 Å². The van der Waals surface area contributed by atoms with Gasteiger partial charge in [0.15, 0.2) is 0 Å². The van der Waals surface area contributed by atoms with Crippen LogP contribution in [0.15, 0.2) is 18.3 Å². The van der Waals surface area contributed by atoms with Crippen molar-refractivity contribution in [3.8, 4) is 11.9 Å². The lowest BCUT2D eigenvalue weighted by molar-refractivity contribution is -0.136. The topological polar surface area (TPSA) is 127 Å². The van der Waals surface area contributed by atoms with Crippen molar-refractivity contribution in [2.24, 2.45) is 0 Å². The number of piperazine rings is 1. The lowest BCUT2D eigenvalue weighted by atomic mass is 10.0. The molecule has 37 heavy (non-hydrogen) atoms. The number of hydrogen-bond acceptors (Lipinski definition) is 9. The van der Waals surface area contributed by atoms with Crippen LogP contribution in [0.5, 0.6) is 5.88 Å². The first kappa shape index (κ1) is 23.8. The molecule has 4 rings (SSSR count). The fraction of sp³-hybridized carbons (Fsp3) is 0.480. The number of nitrogens with one attached hydrogen (secondary N) is 2. The number of anilines is 3. The monoisotopic (exact) mass is 526 g/mol. The van der Waals surface area contributed by atoms with Gasteiger partial charge in [-0.3, -0.25) is 19.9 Å². The maximum absolute atomic E-state index is 13.3. The van der Waals surface area contributed by atoms with E-state index in [0.29, 0.717) is 55.1 Å². The molecule has 0 spiro atoms. The molecule has 1 saturated heterocycles. The van der Waals surface area contributed by atoms with Crippen LogP contribution >= 0.6 is 11.8 Å². The van der Waals surface area contributed by atoms with E-state index in [2.05, 4.69) is 26.7 Å². The maximum Gasteiger partial charge on any atom is 0.328 e. The standard InChI is InChI=1S/C25H32N8O3S/c1-31-8-9-32(22(34)16-31)15-18-11-17-5-4-7-33(23(17)30-24(18)36-2)25(35)29-21-12-20(27-6-10-37-3)19(13-26)14-28-21/h11-12,14H,4-10,15-16H2,1-3H3,(H2,27,28,29,35)/i15D2. The third-order valence-electron chi connectivity index (χ3n) is 6.11. The maximum atomic E-state index is 13.3. The highest BCUT2D eigenvalue weighted by Gasteiger charge is 2.28. The Hall–Kier alpha value is -3.56. The van der Waals surface area contributed by atoms with Gasteiger partial charge in [-0.25, -0.2) is 9.78 Å². The molecule has 0 aromatic carbocycles. The zero-order valence-electron chi connectivity index (χ0n) is 23.2. The highest BCUT2D eigenvalue weighted by Crippen LogP contribution is 2.32. The number of aromatic nitrogens is 2. The number of thioether (sulfide) groups is 1. The van der Waals surface area contributed by atoms with E-state index < -0.39 is 12.5 Å². The van der Waals surface area contributed by atoms with E-state index >= 15 is 0 Å². The average molecular weight is 527 g/mol. The predicted octanol–water partition coefficient (Wildman–Crippen LogP) is 2.39. The molecule has 1 fully saturated rings. The Morgan fingerprint density at radius 1 is 1.35 bits per heavy atom. The lowest BCUT2D eigenvalue weighted by Gasteiger charge is -2.33. The lowest BCUT2D eigenvalue weighted by Crippen LogP contribution is -2.48. The molecule has 3 amide bonds. The summed E-state index contributed by atoms with van der Waals surface area (Å²) in [6.45, 7) is -0.158. The number of nitrogens with zero attached hydrogens (tertiary/aromatic N) is 6. The van der Waals surface area contributed by atoms with Gasteiger partial charge in [0, 0.05) is 49.8 Å². The number of aryl methyl sites for hydroxylation is 1. The van der Waals surface area contributed by atoms with Crippen LogP contribution in [0.2, 0.25) is 0 Å². The molecule has 196 valence electrons. The predicted molar refractivity (Wildman–Crippen MR) is 144 cm³/mol. The molecule has 2 aliphatic heterocycles. The molecular formula is C25H32N8O3S. The van der Waals surface area contributed by atoms with Gasteiger partial charge in [0.05, 0.1) is 34.1 Å². The first-order valence-electron chi connectivity index (χ1n) is 13.0. The molecule has 2 aliphatic rings. The molecule has 2 N–H and O–H groups in total. The van der Waals surface area contributed by atoms with Crippen LogP contribution in [-0.2, 0) is 17.7 Å². The molecule has 0 atom stereocenters. The number of rotatable bonds is 8. The van der Waals surface area contributed by atoms with Gasteiger partial charge in [0.25, 0.3) is 0 Å². The van der Waals surface area contributed by atoms with Crippen LogP contribution in [0.1, 0.15) is 25.9 Å². The van der Waals surface area contributed by atoms with Gasteiger partial charge in [-0.15, -0.1) is 0 Å². The van der Waals surface area contributed by atoms with Crippen LogP contribution in [0.25, 0.3) is 0 Å². The Bertz CT molecular complexity index is 1290. The van der Waals surface area contributed by atoms with E-state index in [9.17, 15) is 14.9 Å². The Balaban J connectivity index is 1.60. The van der Waals surface area contributed by atoms with Gasteiger partial charge >= 0.3 is 6.03 Å². The number of ether oxygens (including phenoxy) is 1. The molecular weight excluding hydrogens is 492 g/mol. The Morgan fingerprint density at radius 3 is 2.92 bits per heavy atom. The zero-order valence-corrected chi connectivity index (χ0v) is 22.0. The van der Waals surface area contributed by atoms with Gasteiger partial charge in [0.2, 0.25) is 11.8 Å². The highest BCUT2D eigenvalue weighted by molar-refractivity contribution is 7.98. The first-order chi connectivity index (χ1) is 18.7. The number of likely N-dealkylation sites (N-methyl/N-ethyl adjacent to an activating group) is 1. The van der Waals surface area contributed by atoms with Crippen LogP contribution in [0.3, 0.4) is 0 Å². The largest absolute Gasteiger partial charge is 0.481 e. The molecule has 0 unspecified atom stereocenters. The summed E-state index contributed by atoms with van der Waals surface area (Å²) >= 11 is 1.68. The van der Waals surface area contributed by atoms with Crippen molar-refractivity contribution in [2.45, 2.75) is 19.3 Å². The third-order valence-corrected chi connectivity index (χ3v) is 6.73. The van der Waals surface area contributed by atoms with Crippen LogP contribution in [-0.4, -0.2) is 90.6 Å². The SMILES string of the molecule is [2H]C([2H])(c1cc2c(nc1OC)N(C(=O)Nc1cc(NCCSC)c(C#N)cn1)CCC2)N1CCN(C)CC1=O. The summed E-state index contributed by atoms with van der Waals surface area (Å²) in [4.78, 5) is 39.3. The van der Waals surface area contributed by atoms with Crippen LogP contribution < -0.4 is 20.3 Å². The molecule has 0 radical (unpaired) electrons. The molecule has 0 bridgehead atoms. The van der Waals surface area contributed by atoms with Gasteiger partial charge < -0.3 is 15.0 Å². The van der Waals surface area contributed by atoms with E-state index in [1.165, 1.54) is 23.1 Å². The molecule has 11 nitrogen and oxygen atoms in total. The number of amides is 3. The minimum Gasteiger partial charge on any atom is -0.481 e. The number of urea groups is 1. The molecule has 2 aromatic heterocycles. The summed E-state index contributed by atoms with van der Waals surface area (Å²) < 4.78 is 23.1. The quantitative estimate of drug-likeness (QED) is 0.499. The summed E-state index contributed by atoms with van der Waals surface area (Å²) in [5.41, 5.74) is 1.80. The summed E-state index contributed by atoms with van der Waals surface area (Å²) in [6, 6.07) is 4.92. The minimum atomic E-state index is -2.14. The third kappa shape index (κ3) is 6.23.